The third-order valence-electron chi connectivity index (χ3n) is 2.34. The van der Waals surface area contributed by atoms with Crippen LogP contribution in [-0.4, -0.2) is 17.0 Å². The minimum Gasteiger partial charge on any atom is -0.385 e. The standard InChI is InChI=1S/C12H14F2O2/c1-7(2)12(16)11(15)5-8-3-4-9(13)6-10(8)14/h3-4,6-7,12,16H,5H2,1-2H3. The molecule has 0 saturated carbocycles. The number of aliphatic hydroxyl groups is 1. The maximum Gasteiger partial charge on any atom is 0.165 e. The molecule has 0 amide bonds. The first-order chi connectivity index (χ1) is 7.41. The van der Waals surface area contributed by atoms with Gasteiger partial charge in [0.2, 0.25) is 0 Å². The summed E-state index contributed by atoms with van der Waals surface area (Å²) in [5, 5.41) is 9.46. The molecular weight excluding hydrogens is 214 g/mol. The summed E-state index contributed by atoms with van der Waals surface area (Å²) < 4.78 is 25.8. The van der Waals surface area contributed by atoms with Crippen molar-refractivity contribution in [3.8, 4) is 0 Å². The van der Waals surface area contributed by atoms with Gasteiger partial charge in [-0.2, -0.15) is 0 Å². The Balaban J connectivity index is 2.77. The van der Waals surface area contributed by atoms with Crippen molar-refractivity contribution in [3.05, 3.63) is 35.4 Å². The number of hydrogen-bond acceptors (Lipinski definition) is 2. The van der Waals surface area contributed by atoms with Gasteiger partial charge in [0.25, 0.3) is 0 Å². The summed E-state index contributed by atoms with van der Waals surface area (Å²) in [6, 6.07) is 3.04. The summed E-state index contributed by atoms with van der Waals surface area (Å²) in [7, 11) is 0. The molecule has 0 spiro atoms. The Morgan fingerprint density at radius 1 is 1.38 bits per heavy atom. The van der Waals surface area contributed by atoms with Gasteiger partial charge in [-0.3, -0.25) is 4.79 Å². The van der Waals surface area contributed by atoms with E-state index in [1.165, 1.54) is 6.07 Å². The zero-order chi connectivity index (χ0) is 12.3. The molecule has 0 bridgehead atoms. The Labute approximate surface area is 92.9 Å². The van der Waals surface area contributed by atoms with Gasteiger partial charge in [-0.25, -0.2) is 8.78 Å². The predicted molar refractivity (Wildman–Crippen MR) is 55.9 cm³/mol. The van der Waals surface area contributed by atoms with E-state index in [1.54, 1.807) is 13.8 Å². The lowest BCUT2D eigenvalue weighted by Crippen LogP contribution is -2.27. The zero-order valence-electron chi connectivity index (χ0n) is 9.21. The van der Waals surface area contributed by atoms with Crippen molar-refractivity contribution in [1.82, 2.24) is 0 Å². The first-order valence-electron chi connectivity index (χ1n) is 5.06. The van der Waals surface area contributed by atoms with E-state index >= 15 is 0 Å². The number of aliphatic hydroxyl groups excluding tert-OH is 1. The van der Waals surface area contributed by atoms with Crippen LogP contribution in [0.15, 0.2) is 18.2 Å². The second kappa shape index (κ2) is 5.16. The Morgan fingerprint density at radius 3 is 2.50 bits per heavy atom. The molecule has 16 heavy (non-hydrogen) atoms. The molecule has 4 heteroatoms. The molecule has 1 N–H and O–H groups in total. The van der Waals surface area contributed by atoms with Crippen molar-refractivity contribution in [2.45, 2.75) is 26.4 Å². The first kappa shape index (κ1) is 12.8. The summed E-state index contributed by atoms with van der Waals surface area (Å²) in [5.41, 5.74) is 0.103. The van der Waals surface area contributed by atoms with Crippen molar-refractivity contribution < 1.29 is 18.7 Å². The lowest BCUT2D eigenvalue weighted by molar-refractivity contribution is -0.128. The van der Waals surface area contributed by atoms with Crippen molar-refractivity contribution in [1.29, 1.82) is 0 Å². The summed E-state index contributed by atoms with van der Waals surface area (Å²) in [6.07, 6.45) is -1.32. The van der Waals surface area contributed by atoms with Crippen LogP contribution in [0.5, 0.6) is 0 Å². The van der Waals surface area contributed by atoms with Crippen LogP contribution in [0.3, 0.4) is 0 Å². The Morgan fingerprint density at radius 2 is 2.00 bits per heavy atom. The molecule has 1 aromatic carbocycles. The molecular formula is C12H14F2O2. The molecule has 88 valence electrons. The van der Waals surface area contributed by atoms with Gasteiger partial charge in [-0.1, -0.05) is 19.9 Å². The average Bonchev–Trinajstić information content (AvgIpc) is 2.20. The third kappa shape index (κ3) is 3.10. The third-order valence-corrected chi connectivity index (χ3v) is 2.34. The lowest BCUT2D eigenvalue weighted by Gasteiger charge is -2.13. The van der Waals surface area contributed by atoms with E-state index in [-0.39, 0.29) is 17.9 Å². The molecule has 0 saturated heterocycles. The highest BCUT2D eigenvalue weighted by atomic mass is 19.1. The van der Waals surface area contributed by atoms with Crippen molar-refractivity contribution >= 4 is 5.78 Å². The van der Waals surface area contributed by atoms with E-state index in [2.05, 4.69) is 0 Å². The molecule has 1 rings (SSSR count). The van der Waals surface area contributed by atoms with E-state index in [0.29, 0.717) is 0 Å². The van der Waals surface area contributed by atoms with Crippen molar-refractivity contribution in [3.63, 3.8) is 0 Å². The van der Waals surface area contributed by atoms with Gasteiger partial charge in [0.15, 0.2) is 5.78 Å². The van der Waals surface area contributed by atoms with E-state index < -0.39 is 23.5 Å². The van der Waals surface area contributed by atoms with Crippen LogP contribution in [0.2, 0.25) is 0 Å². The lowest BCUT2D eigenvalue weighted by atomic mass is 9.98. The fraction of sp³-hybridized carbons (Fsp3) is 0.417. The fourth-order valence-electron chi connectivity index (χ4n) is 1.33. The average molecular weight is 228 g/mol. The van der Waals surface area contributed by atoms with Crippen LogP contribution < -0.4 is 0 Å². The second-order valence-corrected chi connectivity index (χ2v) is 4.07. The van der Waals surface area contributed by atoms with Gasteiger partial charge in [-0.15, -0.1) is 0 Å². The summed E-state index contributed by atoms with van der Waals surface area (Å²) >= 11 is 0. The van der Waals surface area contributed by atoms with Gasteiger partial charge in [0.05, 0.1) is 0 Å². The molecule has 1 atom stereocenters. The highest BCUT2D eigenvalue weighted by molar-refractivity contribution is 5.85. The number of halogens is 2. The summed E-state index contributed by atoms with van der Waals surface area (Å²) in [6.45, 7) is 3.40. The first-order valence-corrected chi connectivity index (χ1v) is 5.06. The monoisotopic (exact) mass is 228 g/mol. The number of carbonyl (C=O) groups is 1. The maximum atomic E-state index is 13.2. The largest absolute Gasteiger partial charge is 0.385 e. The molecule has 0 fully saturated rings. The van der Waals surface area contributed by atoms with Gasteiger partial charge in [-0.05, 0) is 17.5 Å². The number of rotatable bonds is 4. The molecule has 1 unspecified atom stereocenters. The van der Waals surface area contributed by atoms with Crippen molar-refractivity contribution in [2.24, 2.45) is 5.92 Å². The number of carbonyl (C=O) groups excluding carboxylic acids is 1. The zero-order valence-corrected chi connectivity index (χ0v) is 9.21. The molecule has 0 radical (unpaired) electrons. The Hall–Kier alpha value is -1.29. The van der Waals surface area contributed by atoms with E-state index in [1.807, 2.05) is 0 Å². The van der Waals surface area contributed by atoms with E-state index in [4.69, 9.17) is 0 Å². The quantitative estimate of drug-likeness (QED) is 0.856. The minimum absolute atomic E-state index is 0.103. The van der Waals surface area contributed by atoms with Crippen LogP contribution in [0.4, 0.5) is 8.78 Å². The Bertz CT molecular complexity index is 389. The van der Waals surface area contributed by atoms with Gasteiger partial charge < -0.3 is 5.11 Å². The van der Waals surface area contributed by atoms with Gasteiger partial charge >= 0.3 is 0 Å². The number of ketones is 1. The molecule has 0 aliphatic heterocycles. The molecule has 0 heterocycles. The molecule has 0 aliphatic carbocycles. The van der Waals surface area contributed by atoms with Crippen LogP contribution >= 0.6 is 0 Å². The highest BCUT2D eigenvalue weighted by Crippen LogP contribution is 2.13. The highest BCUT2D eigenvalue weighted by Gasteiger charge is 2.20. The predicted octanol–water partition coefficient (Wildman–Crippen LogP) is 2.09. The minimum atomic E-state index is -1.11. The van der Waals surface area contributed by atoms with Gasteiger partial charge in [0, 0.05) is 12.5 Å². The van der Waals surface area contributed by atoms with Crippen LogP contribution in [0.25, 0.3) is 0 Å². The smallest absolute Gasteiger partial charge is 0.165 e. The molecule has 0 aromatic heterocycles. The van der Waals surface area contributed by atoms with E-state index in [0.717, 1.165) is 12.1 Å². The van der Waals surface area contributed by atoms with Gasteiger partial charge in [0.1, 0.15) is 17.7 Å². The second-order valence-electron chi connectivity index (χ2n) is 4.07. The summed E-state index contributed by atoms with van der Waals surface area (Å²) in [5.74, 6) is -2.11. The fourth-order valence-corrected chi connectivity index (χ4v) is 1.33. The molecule has 0 aliphatic rings. The number of benzene rings is 1. The molecule has 1 aromatic rings. The van der Waals surface area contributed by atoms with E-state index in [9.17, 15) is 18.7 Å². The Kier molecular flexibility index (Phi) is 4.12. The summed E-state index contributed by atoms with van der Waals surface area (Å²) in [4.78, 5) is 11.5. The number of hydrogen-bond donors (Lipinski definition) is 1. The van der Waals surface area contributed by atoms with Crippen LogP contribution in [0, 0.1) is 17.6 Å². The topological polar surface area (TPSA) is 37.3 Å². The number of Topliss-reactive ketones (excluding diaryl/α,β-unsaturated/α-hetero) is 1. The van der Waals surface area contributed by atoms with Crippen molar-refractivity contribution in [2.75, 3.05) is 0 Å². The molecule has 2 nitrogen and oxygen atoms in total. The SMILES string of the molecule is CC(C)C(O)C(=O)Cc1ccc(F)cc1F. The normalized spacial score (nSPS) is 12.9. The maximum absolute atomic E-state index is 13.2. The van der Waals surface area contributed by atoms with Crippen LogP contribution in [0.1, 0.15) is 19.4 Å². The van der Waals surface area contributed by atoms with Crippen LogP contribution in [-0.2, 0) is 11.2 Å².